The molecule has 0 atom stereocenters. The molecule has 0 bridgehead atoms. The summed E-state index contributed by atoms with van der Waals surface area (Å²) in [5.41, 5.74) is 1.71. The Labute approximate surface area is 155 Å². The van der Waals surface area contributed by atoms with Crippen molar-refractivity contribution >= 4 is 28.3 Å². The number of carbonyl (C=O) groups excluding carboxylic acids is 2. The minimum absolute atomic E-state index is 0.127. The van der Waals surface area contributed by atoms with Gasteiger partial charge < -0.3 is 10.2 Å². The number of anilines is 1. The molecule has 136 valence electrons. The summed E-state index contributed by atoms with van der Waals surface area (Å²) in [5, 5.41) is 7.54. The molecule has 0 radical (unpaired) electrons. The molecule has 1 aliphatic heterocycles. The minimum Gasteiger partial charge on any atom is -0.354 e. The Morgan fingerprint density at radius 1 is 1.07 bits per heavy atom. The predicted octanol–water partition coefficient (Wildman–Crippen LogP) is 1.35. The zero-order valence-corrected chi connectivity index (χ0v) is 14.8. The average Bonchev–Trinajstić information content (AvgIpc) is 3.14. The van der Waals surface area contributed by atoms with Crippen molar-refractivity contribution in [2.75, 3.05) is 18.5 Å². The van der Waals surface area contributed by atoms with Crippen LogP contribution in [0.5, 0.6) is 0 Å². The molecule has 2 aromatic carbocycles. The monoisotopic (exact) mass is 362 g/mol. The molecule has 1 aromatic heterocycles. The Morgan fingerprint density at radius 3 is 2.56 bits per heavy atom. The van der Waals surface area contributed by atoms with Gasteiger partial charge in [-0.05, 0) is 24.1 Å². The largest absolute Gasteiger partial charge is 0.354 e. The smallest absolute Gasteiger partial charge is 0.275 e. The van der Waals surface area contributed by atoms with Crippen LogP contribution in [0.3, 0.4) is 0 Å². The van der Waals surface area contributed by atoms with Crippen molar-refractivity contribution in [3.63, 3.8) is 0 Å². The zero-order valence-electron chi connectivity index (χ0n) is 14.8. The van der Waals surface area contributed by atoms with Crippen molar-refractivity contribution in [2.24, 2.45) is 0 Å². The number of para-hydroxylation sites is 1. The maximum atomic E-state index is 12.8. The molecule has 27 heavy (non-hydrogen) atoms. The van der Waals surface area contributed by atoms with Crippen LogP contribution < -0.4 is 15.8 Å². The molecule has 2 amide bonds. The fraction of sp³-hybridized carbons (Fsp3) is 0.200. The van der Waals surface area contributed by atoms with E-state index < -0.39 is 5.91 Å². The van der Waals surface area contributed by atoms with Crippen LogP contribution in [0.4, 0.5) is 5.69 Å². The maximum absolute atomic E-state index is 12.8. The van der Waals surface area contributed by atoms with Gasteiger partial charge in [0.25, 0.3) is 11.5 Å². The van der Waals surface area contributed by atoms with Crippen molar-refractivity contribution in [1.82, 2.24) is 15.1 Å². The lowest BCUT2D eigenvalue weighted by Gasteiger charge is -2.18. The van der Waals surface area contributed by atoms with Crippen LogP contribution in [0.25, 0.3) is 10.8 Å². The van der Waals surface area contributed by atoms with Gasteiger partial charge in [-0.1, -0.05) is 36.4 Å². The van der Waals surface area contributed by atoms with Gasteiger partial charge in [0, 0.05) is 24.7 Å². The second kappa shape index (κ2) is 6.68. The van der Waals surface area contributed by atoms with Gasteiger partial charge >= 0.3 is 0 Å². The lowest BCUT2D eigenvalue weighted by molar-refractivity contribution is -0.119. The molecule has 3 aromatic rings. The minimum atomic E-state index is -0.404. The highest BCUT2D eigenvalue weighted by Gasteiger charge is 2.25. The Kier molecular flexibility index (Phi) is 4.19. The number of fused-ring (bicyclic) bond motifs is 2. The summed E-state index contributed by atoms with van der Waals surface area (Å²) in [6, 6.07) is 14.5. The van der Waals surface area contributed by atoms with Crippen molar-refractivity contribution in [2.45, 2.75) is 13.0 Å². The maximum Gasteiger partial charge on any atom is 0.275 e. The molecule has 0 fully saturated rings. The number of carbonyl (C=O) groups is 2. The van der Waals surface area contributed by atoms with Crippen LogP contribution >= 0.6 is 0 Å². The molecule has 1 N–H and O–H groups in total. The Balaban J connectivity index is 1.74. The first-order valence-corrected chi connectivity index (χ1v) is 8.70. The van der Waals surface area contributed by atoms with Crippen LogP contribution in [-0.2, 0) is 17.8 Å². The Hall–Kier alpha value is -3.48. The highest BCUT2D eigenvalue weighted by Crippen LogP contribution is 2.27. The highest BCUT2D eigenvalue weighted by molar-refractivity contribution is 6.04. The lowest BCUT2D eigenvalue weighted by Crippen LogP contribution is -2.37. The first-order chi connectivity index (χ1) is 13.1. The van der Waals surface area contributed by atoms with Crippen LogP contribution in [0, 0.1) is 0 Å². The number of hydrogen-bond acceptors (Lipinski definition) is 4. The van der Waals surface area contributed by atoms with E-state index in [1.807, 2.05) is 24.3 Å². The van der Waals surface area contributed by atoms with Gasteiger partial charge in [0.1, 0.15) is 6.54 Å². The predicted molar refractivity (Wildman–Crippen MR) is 102 cm³/mol. The number of hydrogen-bond donors (Lipinski definition) is 1. The fourth-order valence-electron chi connectivity index (χ4n) is 3.44. The summed E-state index contributed by atoms with van der Waals surface area (Å²) in [7, 11) is 1.50. The molecule has 0 saturated carbocycles. The molecule has 0 aliphatic carbocycles. The summed E-state index contributed by atoms with van der Waals surface area (Å²) >= 11 is 0. The summed E-state index contributed by atoms with van der Waals surface area (Å²) in [4.78, 5) is 39.5. The molecule has 0 spiro atoms. The van der Waals surface area contributed by atoms with E-state index in [-0.39, 0.29) is 23.7 Å². The van der Waals surface area contributed by atoms with E-state index in [0.717, 1.165) is 22.4 Å². The third kappa shape index (κ3) is 2.87. The fourth-order valence-corrected chi connectivity index (χ4v) is 3.44. The molecule has 2 heterocycles. The molecule has 0 saturated heterocycles. The zero-order chi connectivity index (χ0) is 19.0. The molecule has 1 aliphatic rings. The van der Waals surface area contributed by atoms with E-state index in [2.05, 4.69) is 10.4 Å². The van der Waals surface area contributed by atoms with Crippen LogP contribution in [0.15, 0.2) is 53.3 Å². The standard InChI is InChI=1S/C20H18N4O3/c1-21-19(26)18-14-7-3-4-8-15(14)20(27)24(22-18)12-17(25)23-11-10-13-6-2-5-9-16(13)23/h2-9H,10-12H2,1H3,(H,21,26). The number of nitrogens with zero attached hydrogens (tertiary/aromatic N) is 3. The molecule has 7 nitrogen and oxygen atoms in total. The van der Waals surface area contributed by atoms with E-state index in [1.54, 1.807) is 29.2 Å². The second-order valence-corrected chi connectivity index (χ2v) is 6.36. The average molecular weight is 362 g/mol. The van der Waals surface area contributed by atoms with E-state index >= 15 is 0 Å². The number of aromatic nitrogens is 2. The SMILES string of the molecule is CNC(=O)c1nn(CC(=O)N2CCc3ccccc32)c(=O)c2ccccc12. The molecule has 0 unspecified atom stereocenters. The van der Waals surface area contributed by atoms with Gasteiger partial charge in [-0.25, -0.2) is 4.68 Å². The van der Waals surface area contributed by atoms with Gasteiger partial charge in [0.2, 0.25) is 5.91 Å². The van der Waals surface area contributed by atoms with Crippen molar-refractivity contribution in [3.8, 4) is 0 Å². The normalized spacial score (nSPS) is 12.9. The Morgan fingerprint density at radius 2 is 1.78 bits per heavy atom. The molecule has 4 rings (SSSR count). The van der Waals surface area contributed by atoms with Crippen molar-refractivity contribution in [1.29, 1.82) is 0 Å². The number of nitrogens with one attached hydrogen (secondary N) is 1. The first kappa shape index (κ1) is 17.0. The van der Waals surface area contributed by atoms with Gasteiger partial charge in [0.05, 0.1) is 5.39 Å². The Bertz CT molecular complexity index is 1120. The molecular weight excluding hydrogens is 344 g/mol. The molecular formula is C20H18N4O3. The summed E-state index contributed by atoms with van der Waals surface area (Å²) < 4.78 is 1.08. The van der Waals surface area contributed by atoms with E-state index in [9.17, 15) is 14.4 Å². The van der Waals surface area contributed by atoms with Crippen molar-refractivity contribution < 1.29 is 9.59 Å². The topological polar surface area (TPSA) is 84.3 Å². The number of rotatable bonds is 3. The second-order valence-electron chi connectivity index (χ2n) is 6.36. The van der Waals surface area contributed by atoms with Crippen LogP contribution in [0.1, 0.15) is 16.1 Å². The van der Waals surface area contributed by atoms with Crippen LogP contribution in [0.2, 0.25) is 0 Å². The van der Waals surface area contributed by atoms with Crippen molar-refractivity contribution in [3.05, 3.63) is 70.1 Å². The van der Waals surface area contributed by atoms with Gasteiger partial charge in [0.15, 0.2) is 5.69 Å². The number of amides is 2. The number of benzene rings is 2. The summed E-state index contributed by atoms with van der Waals surface area (Å²) in [5.74, 6) is -0.633. The summed E-state index contributed by atoms with van der Waals surface area (Å²) in [6.45, 7) is 0.352. The van der Waals surface area contributed by atoms with Gasteiger partial charge in [-0.3, -0.25) is 14.4 Å². The quantitative estimate of drug-likeness (QED) is 0.762. The first-order valence-electron chi connectivity index (χ1n) is 8.70. The van der Waals surface area contributed by atoms with Gasteiger partial charge in [-0.2, -0.15) is 5.10 Å². The van der Waals surface area contributed by atoms with E-state index in [4.69, 9.17) is 0 Å². The summed E-state index contributed by atoms with van der Waals surface area (Å²) in [6.07, 6.45) is 0.783. The third-order valence-corrected chi connectivity index (χ3v) is 4.78. The van der Waals surface area contributed by atoms with Gasteiger partial charge in [-0.15, -0.1) is 0 Å². The van der Waals surface area contributed by atoms with E-state index in [1.165, 1.54) is 7.05 Å². The van der Waals surface area contributed by atoms with Crippen LogP contribution in [-0.4, -0.2) is 35.2 Å². The third-order valence-electron chi connectivity index (χ3n) is 4.78. The lowest BCUT2D eigenvalue weighted by atomic mass is 10.1. The van der Waals surface area contributed by atoms with E-state index in [0.29, 0.717) is 17.3 Å². The highest BCUT2D eigenvalue weighted by atomic mass is 16.2. The molecule has 7 heteroatoms.